The van der Waals surface area contributed by atoms with Gasteiger partial charge in [-0.2, -0.15) is 0 Å². The molecule has 0 fully saturated rings. The molecule has 0 spiro atoms. The van der Waals surface area contributed by atoms with Crippen molar-refractivity contribution >= 4 is 0 Å². The molecule has 110 valence electrons. The van der Waals surface area contributed by atoms with Gasteiger partial charge in [0.15, 0.2) is 0 Å². The van der Waals surface area contributed by atoms with Gasteiger partial charge in [-0.25, -0.2) is 0 Å². The Kier molecular flexibility index (Phi) is 16.8. The Bertz CT molecular complexity index is 126. The van der Waals surface area contributed by atoms with E-state index in [1.165, 1.54) is 51.4 Å². The monoisotopic (exact) mass is 259 g/mol. The van der Waals surface area contributed by atoms with Gasteiger partial charge in [0.1, 0.15) is 0 Å². The van der Waals surface area contributed by atoms with E-state index in [2.05, 4.69) is 6.92 Å². The summed E-state index contributed by atoms with van der Waals surface area (Å²) in [6, 6.07) is 0. The number of rotatable bonds is 15. The molecular formula is C15H33NO2. The van der Waals surface area contributed by atoms with E-state index in [1.54, 1.807) is 0 Å². The van der Waals surface area contributed by atoms with Crippen LogP contribution in [0.15, 0.2) is 0 Å². The fourth-order valence-corrected chi connectivity index (χ4v) is 1.85. The molecule has 0 unspecified atom stereocenters. The Hall–Kier alpha value is -0.120. The van der Waals surface area contributed by atoms with Gasteiger partial charge in [-0.15, -0.1) is 0 Å². The van der Waals surface area contributed by atoms with E-state index in [-0.39, 0.29) is 0 Å². The van der Waals surface area contributed by atoms with E-state index in [1.807, 2.05) is 0 Å². The molecule has 0 atom stereocenters. The fourth-order valence-electron chi connectivity index (χ4n) is 1.85. The third-order valence-electron chi connectivity index (χ3n) is 3.01. The molecular weight excluding hydrogens is 226 g/mol. The second-order valence-corrected chi connectivity index (χ2v) is 4.84. The van der Waals surface area contributed by atoms with E-state index in [0.717, 1.165) is 26.2 Å². The number of nitrogens with two attached hydrogens (primary N) is 1. The molecule has 0 aromatic rings. The molecule has 0 saturated carbocycles. The number of unbranched alkanes of at least 4 members (excludes halogenated alkanes) is 7. The summed E-state index contributed by atoms with van der Waals surface area (Å²) in [6.45, 7) is 6.04. The molecule has 0 aliphatic carbocycles. The van der Waals surface area contributed by atoms with Crippen LogP contribution in [0.2, 0.25) is 0 Å². The number of ether oxygens (including phenoxy) is 2. The van der Waals surface area contributed by atoms with Crippen LogP contribution < -0.4 is 5.73 Å². The van der Waals surface area contributed by atoms with Crippen LogP contribution in [0.5, 0.6) is 0 Å². The van der Waals surface area contributed by atoms with Crippen LogP contribution in [0.1, 0.15) is 64.7 Å². The molecule has 0 aromatic heterocycles. The van der Waals surface area contributed by atoms with Gasteiger partial charge in [-0.1, -0.05) is 51.9 Å². The summed E-state index contributed by atoms with van der Waals surface area (Å²) in [5.41, 5.74) is 5.36. The highest BCUT2D eigenvalue weighted by molar-refractivity contribution is 4.45. The SMILES string of the molecule is CCCCCCCCCCOCCOCCCN. The predicted molar refractivity (Wildman–Crippen MR) is 77.9 cm³/mol. The van der Waals surface area contributed by atoms with Gasteiger partial charge in [0.2, 0.25) is 0 Å². The van der Waals surface area contributed by atoms with Crippen molar-refractivity contribution in [3.05, 3.63) is 0 Å². The maximum Gasteiger partial charge on any atom is 0.0700 e. The zero-order valence-corrected chi connectivity index (χ0v) is 12.3. The molecule has 0 radical (unpaired) electrons. The van der Waals surface area contributed by atoms with E-state index < -0.39 is 0 Å². The summed E-state index contributed by atoms with van der Waals surface area (Å²) in [7, 11) is 0. The van der Waals surface area contributed by atoms with Crippen molar-refractivity contribution in [3.63, 3.8) is 0 Å². The van der Waals surface area contributed by atoms with E-state index in [4.69, 9.17) is 15.2 Å². The maximum absolute atomic E-state index is 5.50. The number of hydrogen-bond acceptors (Lipinski definition) is 3. The minimum atomic E-state index is 0.705. The Balaban J connectivity index is 2.86. The molecule has 18 heavy (non-hydrogen) atoms. The lowest BCUT2D eigenvalue weighted by atomic mass is 10.1. The van der Waals surface area contributed by atoms with E-state index >= 15 is 0 Å². The standard InChI is InChI=1S/C15H33NO2/c1-2-3-4-5-6-7-8-9-12-17-14-15-18-13-10-11-16/h2-16H2,1H3. The average molecular weight is 259 g/mol. The van der Waals surface area contributed by atoms with Crippen LogP contribution in [0.3, 0.4) is 0 Å². The third kappa shape index (κ3) is 15.9. The first-order valence-corrected chi connectivity index (χ1v) is 7.77. The molecule has 3 nitrogen and oxygen atoms in total. The highest BCUT2D eigenvalue weighted by atomic mass is 16.5. The van der Waals surface area contributed by atoms with E-state index in [0.29, 0.717) is 13.2 Å². The molecule has 0 saturated heterocycles. The topological polar surface area (TPSA) is 44.5 Å². The lowest BCUT2D eigenvalue weighted by molar-refractivity contribution is 0.0460. The Morgan fingerprint density at radius 2 is 1.11 bits per heavy atom. The summed E-state index contributed by atoms with van der Waals surface area (Å²) < 4.78 is 10.9. The second kappa shape index (κ2) is 16.9. The van der Waals surface area contributed by atoms with Crippen molar-refractivity contribution < 1.29 is 9.47 Å². The van der Waals surface area contributed by atoms with Crippen LogP contribution in [0, 0.1) is 0 Å². The summed E-state index contributed by atoms with van der Waals surface area (Å²) in [5.74, 6) is 0. The first kappa shape index (κ1) is 17.9. The third-order valence-corrected chi connectivity index (χ3v) is 3.01. The van der Waals surface area contributed by atoms with Crippen LogP contribution in [-0.4, -0.2) is 33.0 Å². The first-order valence-electron chi connectivity index (χ1n) is 7.77. The zero-order valence-electron chi connectivity index (χ0n) is 12.3. The smallest absolute Gasteiger partial charge is 0.0700 e. The van der Waals surface area contributed by atoms with Crippen molar-refractivity contribution in [2.75, 3.05) is 33.0 Å². The molecule has 3 heteroatoms. The van der Waals surface area contributed by atoms with Crippen LogP contribution in [0.25, 0.3) is 0 Å². The Morgan fingerprint density at radius 1 is 0.611 bits per heavy atom. The minimum Gasteiger partial charge on any atom is -0.379 e. The van der Waals surface area contributed by atoms with Gasteiger partial charge in [-0.3, -0.25) is 0 Å². The molecule has 0 aromatic carbocycles. The van der Waals surface area contributed by atoms with Crippen molar-refractivity contribution in [3.8, 4) is 0 Å². The van der Waals surface area contributed by atoms with Crippen LogP contribution >= 0.6 is 0 Å². The van der Waals surface area contributed by atoms with Crippen molar-refractivity contribution in [2.45, 2.75) is 64.7 Å². The molecule has 0 aliphatic rings. The Morgan fingerprint density at radius 3 is 1.67 bits per heavy atom. The van der Waals surface area contributed by atoms with Crippen molar-refractivity contribution in [2.24, 2.45) is 5.73 Å². The normalized spacial score (nSPS) is 11.0. The summed E-state index contributed by atoms with van der Waals surface area (Å²) in [5, 5.41) is 0. The lowest BCUT2D eigenvalue weighted by Gasteiger charge is -2.05. The van der Waals surface area contributed by atoms with E-state index in [9.17, 15) is 0 Å². The molecule has 0 rings (SSSR count). The predicted octanol–water partition coefficient (Wildman–Crippen LogP) is 3.51. The second-order valence-electron chi connectivity index (χ2n) is 4.84. The van der Waals surface area contributed by atoms with Crippen molar-refractivity contribution in [1.82, 2.24) is 0 Å². The average Bonchev–Trinajstić information content (AvgIpc) is 2.39. The minimum absolute atomic E-state index is 0.705. The van der Waals surface area contributed by atoms with Gasteiger partial charge in [0.25, 0.3) is 0 Å². The largest absolute Gasteiger partial charge is 0.379 e. The maximum atomic E-state index is 5.50. The highest BCUT2D eigenvalue weighted by Crippen LogP contribution is 2.08. The van der Waals surface area contributed by atoms with Crippen LogP contribution in [0.4, 0.5) is 0 Å². The first-order chi connectivity index (χ1) is 8.91. The van der Waals surface area contributed by atoms with Gasteiger partial charge in [0, 0.05) is 13.2 Å². The van der Waals surface area contributed by atoms with Gasteiger partial charge >= 0.3 is 0 Å². The highest BCUT2D eigenvalue weighted by Gasteiger charge is 1.93. The van der Waals surface area contributed by atoms with Gasteiger partial charge < -0.3 is 15.2 Å². The van der Waals surface area contributed by atoms with Crippen LogP contribution in [-0.2, 0) is 9.47 Å². The fraction of sp³-hybridized carbons (Fsp3) is 1.00. The molecule has 0 amide bonds. The number of hydrogen-bond donors (Lipinski definition) is 1. The molecule has 0 bridgehead atoms. The van der Waals surface area contributed by atoms with Gasteiger partial charge in [0.05, 0.1) is 13.2 Å². The quantitative estimate of drug-likeness (QED) is 0.458. The Labute approximate surface area is 113 Å². The zero-order chi connectivity index (χ0) is 13.3. The van der Waals surface area contributed by atoms with Crippen molar-refractivity contribution in [1.29, 1.82) is 0 Å². The summed E-state index contributed by atoms with van der Waals surface area (Å²) in [4.78, 5) is 0. The lowest BCUT2D eigenvalue weighted by Crippen LogP contribution is -2.09. The molecule has 2 N–H and O–H groups in total. The van der Waals surface area contributed by atoms with Gasteiger partial charge in [-0.05, 0) is 19.4 Å². The molecule has 0 aliphatic heterocycles. The summed E-state index contributed by atoms with van der Waals surface area (Å²) in [6.07, 6.45) is 11.7. The molecule has 0 heterocycles. The summed E-state index contributed by atoms with van der Waals surface area (Å²) >= 11 is 0.